The third kappa shape index (κ3) is 2.59. The van der Waals surface area contributed by atoms with Crippen molar-refractivity contribution in [2.24, 2.45) is 7.05 Å². The van der Waals surface area contributed by atoms with Crippen LogP contribution in [0.1, 0.15) is 18.5 Å². The van der Waals surface area contributed by atoms with Gasteiger partial charge in [-0.25, -0.2) is 0 Å². The minimum atomic E-state index is 0.181. The summed E-state index contributed by atoms with van der Waals surface area (Å²) in [4.78, 5) is 11.0. The Bertz CT molecular complexity index is 345. The van der Waals surface area contributed by atoms with Crippen LogP contribution in [0, 0.1) is 0 Å². The number of carbonyl (C=O) groups is 1. The van der Waals surface area contributed by atoms with E-state index in [2.05, 4.69) is 21.3 Å². The van der Waals surface area contributed by atoms with Crippen LogP contribution in [0.5, 0.6) is 0 Å². The first-order valence-electron chi connectivity index (χ1n) is 5.36. The molecule has 4 nitrogen and oxygen atoms in total. The third-order valence-electron chi connectivity index (χ3n) is 2.83. The van der Waals surface area contributed by atoms with Crippen molar-refractivity contribution >= 4 is 5.91 Å². The molecule has 1 aliphatic rings. The van der Waals surface area contributed by atoms with E-state index >= 15 is 0 Å². The second-order valence-corrected chi connectivity index (χ2v) is 4.04. The van der Waals surface area contributed by atoms with Crippen molar-refractivity contribution in [3.05, 3.63) is 24.0 Å². The molecule has 0 spiro atoms. The second kappa shape index (κ2) is 4.49. The summed E-state index contributed by atoms with van der Waals surface area (Å²) in [5.41, 5.74) is 1.26. The molecule has 0 aromatic carbocycles. The molecule has 2 N–H and O–H groups in total. The SMILES string of the molecule is Cn1cccc1CNCC1CCC(=O)N1. The number of carbonyl (C=O) groups excluding carboxylic acids is 1. The molecule has 1 amide bonds. The molecule has 4 heteroatoms. The fourth-order valence-electron chi connectivity index (χ4n) is 1.89. The molecule has 1 atom stereocenters. The Balaban J connectivity index is 1.71. The normalized spacial score (nSPS) is 20.6. The molecule has 0 radical (unpaired) electrons. The predicted octanol–water partition coefficient (Wildman–Crippen LogP) is 0.393. The Morgan fingerprint density at radius 1 is 1.67 bits per heavy atom. The molecule has 1 saturated heterocycles. The topological polar surface area (TPSA) is 46.1 Å². The molecule has 15 heavy (non-hydrogen) atoms. The van der Waals surface area contributed by atoms with Gasteiger partial charge in [-0.2, -0.15) is 0 Å². The van der Waals surface area contributed by atoms with Crippen molar-refractivity contribution < 1.29 is 4.79 Å². The van der Waals surface area contributed by atoms with Crippen LogP contribution in [0.25, 0.3) is 0 Å². The van der Waals surface area contributed by atoms with Crippen LogP contribution in [0.15, 0.2) is 18.3 Å². The fraction of sp³-hybridized carbons (Fsp3) is 0.545. The van der Waals surface area contributed by atoms with Crippen LogP contribution in [0.3, 0.4) is 0 Å². The number of nitrogens with zero attached hydrogens (tertiary/aromatic N) is 1. The van der Waals surface area contributed by atoms with Gasteiger partial charge in [0.15, 0.2) is 0 Å². The van der Waals surface area contributed by atoms with E-state index < -0.39 is 0 Å². The van der Waals surface area contributed by atoms with Gasteiger partial charge in [0.25, 0.3) is 0 Å². The van der Waals surface area contributed by atoms with E-state index in [0.29, 0.717) is 12.5 Å². The maximum Gasteiger partial charge on any atom is 0.220 e. The molecule has 0 aliphatic carbocycles. The van der Waals surface area contributed by atoms with Gasteiger partial charge in [0.1, 0.15) is 0 Å². The Morgan fingerprint density at radius 3 is 3.13 bits per heavy atom. The molecule has 82 valence electrons. The highest BCUT2D eigenvalue weighted by Gasteiger charge is 2.19. The van der Waals surface area contributed by atoms with Crippen LogP contribution in [-0.4, -0.2) is 23.1 Å². The Hall–Kier alpha value is -1.29. The number of hydrogen-bond donors (Lipinski definition) is 2. The van der Waals surface area contributed by atoms with Crippen molar-refractivity contribution in [3.63, 3.8) is 0 Å². The van der Waals surface area contributed by atoms with Crippen molar-refractivity contribution in [1.82, 2.24) is 15.2 Å². The quantitative estimate of drug-likeness (QED) is 0.750. The summed E-state index contributed by atoms with van der Waals surface area (Å²) in [5, 5.41) is 6.30. The largest absolute Gasteiger partial charge is 0.353 e. The van der Waals surface area contributed by atoms with E-state index in [0.717, 1.165) is 19.5 Å². The van der Waals surface area contributed by atoms with E-state index in [1.54, 1.807) is 0 Å². The van der Waals surface area contributed by atoms with E-state index in [1.165, 1.54) is 5.69 Å². The van der Waals surface area contributed by atoms with E-state index in [-0.39, 0.29) is 5.91 Å². The first-order chi connectivity index (χ1) is 7.25. The van der Waals surface area contributed by atoms with Gasteiger partial charge >= 0.3 is 0 Å². The zero-order chi connectivity index (χ0) is 10.7. The molecule has 0 saturated carbocycles. The molecule has 2 heterocycles. The highest BCUT2D eigenvalue weighted by Crippen LogP contribution is 2.05. The summed E-state index contributed by atoms with van der Waals surface area (Å²) in [6.45, 7) is 1.72. The van der Waals surface area contributed by atoms with Gasteiger partial charge in [-0.15, -0.1) is 0 Å². The van der Waals surface area contributed by atoms with Crippen LogP contribution in [-0.2, 0) is 18.4 Å². The highest BCUT2D eigenvalue weighted by molar-refractivity contribution is 5.78. The molecule has 1 fully saturated rings. The highest BCUT2D eigenvalue weighted by atomic mass is 16.1. The first-order valence-corrected chi connectivity index (χ1v) is 5.36. The average Bonchev–Trinajstić information content (AvgIpc) is 2.77. The summed E-state index contributed by atoms with van der Waals surface area (Å²) in [7, 11) is 2.04. The lowest BCUT2D eigenvalue weighted by atomic mass is 10.2. The molecule has 0 bridgehead atoms. The molecule has 1 aromatic heterocycles. The minimum absolute atomic E-state index is 0.181. The van der Waals surface area contributed by atoms with Gasteiger partial charge in [0.05, 0.1) is 0 Å². The van der Waals surface area contributed by atoms with Gasteiger partial charge in [-0.3, -0.25) is 4.79 Å². The smallest absolute Gasteiger partial charge is 0.220 e. The lowest BCUT2D eigenvalue weighted by Crippen LogP contribution is -2.35. The van der Waals surface area contributed by atoms with Crippen LogP contribution < -0.4 is 10.6 Å². The molecule has 1 unspecified atom stereocenters. The van der Waals surface area contributed by atoms with Gasteiger partial charge < -0.3 is 15.2 Å². The summed E-state index contributed by atoms with van der Waals surface area (Å²) in [6, 6.07) is 4.45. The minimum Gasteiger partial charge on any atom is -0.353 e. The molecule has 1 aromatic rings. The molecular formula is C11H17N3O. The first kappa shape index (κ1) is 10.2. The van der Waals surface area contributed by atoms with Crippen molar-refractivity contribution in [2.75, 3.05) is 6.54 Å². The van der Waals surface area contributed by atoms with Gasteiger partial charge in [0.2, 0.25) is 5.91 Å². The monoisotopic (exact) mass is 207 g/mol. The van der Waals surface area contributed by atoms with Crippen LogP contribution in [0.4, 0.5) is 0 Å². The van der Waals surface area contributed by atoms with Gasteiger partial charge in [-0.05, 0) is 18.6 Å². The number of aryl methyl sites for hydroxylation is 1. The summed E-state index contributed by atoms with van der Waals surface area (Å²) < 4.78 is 2.10. The van der Waals surface area contributed by atoms with Gasteiger partial charge in [0, 0.05) is 44.5 Å². The van der Waals surface area contributed by atoms with E-state index in [9.17, 15) is 4.79 Å². The Morgan fingerprint density at radius 2 is 2.53 bits per heavy atom. The fourth-order valence-corrected chi connectivity index (χ4v) is 1.89. The predicted molar refractivity (Wildman–Crippen MR) is 58.3 cm³/mol. The lowest BCUT2D eigenvalue weighted by Gasteiger charge is -2.11. The summed E-state index contributed by atoms with van der Waals surface area (Å²) in [6.07, 6.45) is 3.67. The standard InChI is InChI=1S/C11H17N3O/c1-14-6-2-3-10(14)8-12-7-9-4-5-11(15)13-9/h2-3,6,9,12H,4-5,7-8H2,1H3,(H,13,15). The summed E-state index contributed by atoms with van der Waals surface area (Å²) in [5.74, 6) is 0.181. The second-order valence-electron chi connectivity index (χ2n) is 4.04. The van der Waals surface area contributed by atoms with E-state index in [1.807, 2.05) is 19.3 Å². The Labute approximate surface area is 89.7 Å². The van der Waals surface area contributed by atoms with Crippen molar-refractivity contribution in [1.29, 1.82) is 0 Å². The zero-order valence-corrected chi connectivity index (χ0v) is 8.99. The summed E-state index contributed by atoms with van der Waals surface area (Å²) >= 11 is 0. The number of aromatic nitrogens is 1. The van der Waals surface area contributed by atoms with Crippen LogP contribution in [0.2, 0.25) is 0 Å². The average molecular weight is 207 g/mol. The Kier molecular flexibility index (Phi) is 3.06. The number of amides is 1. The number of nitrogens with one attached hydrogen (secondary N) is 2. The molecular weight excluding hydrogens is 190 g/mol. The maximum atomic E-state index is 11.0. The maximum absolute atomic E-state index is 11.0. The zero-order valence-electron chi connectivity index (χ0n) is 8.99. The van der Waals surface area contributed by atoms with Crippen LogP contribution >= 0.6 is 0 Å². The van der Waals surface area contributed by atoms with E-state index in [4.69, 9.17) is 0 Å². The van der Waals surface area contributed by atoms with Gasteiger partial charge in [-0.1, -0.05) is 0 Å². The number of rotatable bonds is 4. The third-order valence-corrected chi connectivity index (χ3v) is 2.83. The number of hydrogen-bond acceptors (Lipinski definition) is 2. The van der Waals surface area contributed by atoms with Crippen molar-refractivity contribution in [3.8, 4) is 0 Å². The lowest BCUT2D eigenvalue weighted by molar-refractivity contribution is -0.119. The molecule has 2 rings (SSSR count). The van der Waals surface area contributed by atoms with Crippen molar-refractivity contribution in [2.45, 2.75) is 25.4 Å². The molecule has 1 aliphatic heterocycles.